The van der Waals surface area contributed by atoms with Crippen molar-refractivity contribution in [2.24, 2.45) is 5.92 Å². The van der Waals surface area contributed by atoms with E-state index >= 15 is 0 Å². The van der Waals surface area contributed by atoms with Gasteiger partial charge < -0.3 is 4.90 Å². The molecule has 2 fully saturated rings. The summed E-state index contributed by atoms with van der Waals surface area (Å²) in [5, 5.41) is 4.62. The highest BCUT2D eigenvalue weighted by atomic mass is 16.2. The third kappa shape index (κ3) is 3.69. The zero-order valence-electron chi connectivity index (χ0n) is 18.1. The minimum absolute atomic E-state index is 0.112. The maximum Gasteiger partial charge on any atom is 0.275 e. The molecular weight excluding hydrogens is 364 g/mol. The SMILES string of the molecule is CC(C)c1cc(CC2CCCC2)nc2cc(C(=O)N3CCCC(=O)C3(C)C)nn12. The molecule has 1 aliphatic carbocycles. The number of carbonyl (C=O) groups is 2. The lowest BCUT2D eigenvalue weighted by Gasteiger charge is -2.40. The Labute approximate surface area is 172 Å². The Morgan fingerprint density at radius 2 is 1.93 bits per heavy atom. The molecule has 29 heavy (non-hydrogen) atoms. The van der Waals surface area contributed by atoms with Crippen molar-refractivity contribution in [2.45, 2.75) is 84.1 Å². The number of carbonyl (C=O) groups excluding carboxylic acids is 2. The average Bonchev–Trinajstić information content (AvgIpc) is 3.32. The molecule has 1 saturated carbocycles. The standard InChI is InChI=1S/C23H32N4O2/c1-15(2)19-13-17(12-16-8-5-6-9-16)24-21-14-18(25-27(19)21)22(29)26-11-7-10-20(28)23(26,3)4/h13-16H,5-12H2,1-4H3. The first kappa shape index (κ1) is 20.0. The van der Waals surface area contributed by atoms with Gasteiger partial charge >= 0.3 is 0 Å². The number of likely N-dealkylation sites (tertiary alicyclic amines) is 1. The molecule has 1 aliphatic heterocycles. The Bertz CT molecular complexity index is 938. The largest absolute Gasteiger partial charge is 0.325 e. The number of aromatic nitrogens is 3. The van der Waals surface area contributed by atoms with E-state index in [1.807, 2.05) is 18.4 Å². The number of hydrogen-bond donors (Lipinski definition) is 0. The second kappa shape index (κ2) is 7.54. The van der Waals surface area contributed by atoms with Gasteiger partial charge in [-0.25, -0.2) is 9.50 Å². The molecule has 2 aliphatic rings. The van der Waals surface area contributed by atoms with E-state index in [-0.39, 0.29) is 17.6 Å². The van der Waals surface area contributed by atoms with Gasteiger partial charge in [0, 0.05) is 30.4 Å². The zero-order valence-corrected chi connectivity index (χ0v) is 18.1. The third-order valence-corrected chi connectivity index (χ3v) is 6.68. The topological polar surface area (TPSA) is 67.6 Å². The fourth-order valence-corrected chi connectivity index (χ4v) is 4.81. The summed E-state index contributed by atoms with van der Waals surface area (Å²) in [6, 6.07) is 3.95. The molecule has 4 rings (SSSR count). The number of nitrogens with zero attached hydrogens (tertiary/aromatic N) is 4. The summed E-state index contributed by atoms with van der Waals surface area (Å²) < 4.78 is 1.81. The molecule has 3 heterocycles. The van der Waals surface area contributed by atoms with Crippen molar-refractivity contribution in [3.63, 3.8) is 0 Å². The predicted molar refractivity (Wildman–Crippen MR) is 112 cm³/mol. The van der Waals surface area contributed by atoms with Crippen molar-refractivity contribution >= 4 is 17.3 Å². The number of piperidine rings is 1. The van der Waals surface area contributed by atoms with Gasteiger partial charge in [0.25, 0.3) is 5.91 Å². The number of Topliss-reactive ketones (excluding diaryl/α,β-unsaturated/α-hetero) is 1. The molecule has 0 radical (unpaired) electrons. The molecule has 2 aromatic heterocycles. The second-order valence-electron chi connectivity index (χ2n) is 9.52. The van der Waals surface area contributed by atoms with Crippen LogP contribution in [0.15, 0.2) is 12.1 Å². The number of hydrogen-bond acceptors (Lipinski definition) is 4. The number of amides is 1. The third-order valence-electron chi connectivity index (χ3n) is 6.68. The molecule has 0 bridgehead atoms. The highest BCUT2D eigenvalue weighted by Crippen LogP contribution is 2.29. The van der Waals surface area contributed by atoms with Crippen LogP contribution in [-0.2, 0) is 11.2 Å². The van der Waals surface area contributed by atoms with Crippen LogP contribution in [0.2, 0.25) is 0 Å². The zero-order chi connectivity index (χ0) is 20.8. The molecule has 2 aromatic rings. The first-order valence-electron chi connectivity index (χ1n) is 11.0. The molecular formula is C23H32N4O2. The molecule has 1 saturated heterocycles. The Morgan fingerprint density at radius 1 is 1.21 bits per heavy atom. The van der Waals surface area contributed by atoms with Crippen LogP contribution in [-0.4, -0.2) is 43.3 Å². The van der Waals surface area contributed by atoms with Crippen LogP contribution < -0.4 is 0 Å². The van der Waals surface area contributed by atoms with Crippen LogP contribution in [0, 0.1) is 5.92 Å². The summed E-state index contributed by atoms with van der Waals surface area (Å²) in [7, 11) is 0. The van der Waals surface area contributed by atoms with Crippen LogP contribution in [0.25, 0.3) is 5.65 Å². The maximum absolute atomic E-state index is 13.2. The fraction of sp³-hybridized carbons (Fsp3) is 0.652. The van der Waals surface area contributed by atoms with Gasteiger partial charge in [0.05, 0.1) is 5.54 Å². The fourth-order valence-electron chi connectivity index (χ4n) is 4.81. The normalized spacial score (nSPS) is 20.2. The molecule has 0 spiro atoms. The number of ketones is 1. The van der Waals surface area contributed by atoms with Crippen molar-refractivity contribution < 1.29 is 9.59 Å². The summed E-state index contributed by atoms with van der Waals surface area (Å²) in [4.78, 5) is 32.1. The predicted octanol–water partition coefficient (Wildman–Crippen LogP) is 4.17. The van der Waals surface area contributed by atoms with Crippen molar-refractivity contribution in [1.29, 1.82) is 0 Å². The molecule has 6 nitrogen and oxygen atoms in total. The lowest BCUT2D eigenvalue weighted by atomic mass is 9.88. The quantitative estimate of drug-likeness (QED) is 0.778. The van der Waals surface area contributed by atoms with E-state index in [1.165, 1.54) is 25.7 Å². The second-order valence-corrected chi connectivity index (χ2v) is 9.52. The Hall–Kier alpha value is -2.24. The molecule has 0 N–H and O–H groups in total. The first-order chi connectivity index (χ1) is 13.8. The monoisotopic (exact) mass is 396 g/mol. The summed E-state index contributed by atoms with van der Waals surface area (Å²) in [6.07, 6.45) is 7.45. The van der Waals surface area contributed by atoms with Crippen LogP contribution in [0.4, 0.5) is 0 Å². The van der Waals surface area contributed by atoms with Crippen LogP contribution >= 0.6 is 0 Å². The van der Waals surface area contributed by atoms with Crippen molar-refractivity contribution in [3.05, 3.63) is 29.2 Å². The van der Waals surface area contributed by atoms with E-state index in [9.17, 15) is 9.59 Å². The maximum atomic E-state index is 13.2. The first-order valence-corrected chi connectivity index (χ1v) is 11.0. The van der Waals surface area contributed by atoms with Crippen LogP contribution in [0.1, 0.15) is 94.0 Å². The van der Waals surface area contributed by atoms with Crippen LogP contribution in [0.5, 0.6) is 0 Å². The highest BCUT2D eigenvalue weighted by molar-refractivity contribution is 5.99. The summed E-state index contributed by atoms with van der Waals surface area (Å²) >= 11 is 0. The van der Waals surface area contributed by atoms with Gasteiger partial charge in [-0.1, -0.05) is 39.5 Å². The molecule has 6 heteroatoms. The minimum Gasteiger partial charge on any atom is -0.325 e. The van der Waals surface area contributed by atoms with E-state index in [1.54, 1.807) is 11.0 Å². The van der Waals surface area contributed by atoms with Gasteiger partial charge in [0.15, 0.2) is 17.1 Å². The van der Waals surface area contributed by atoms with Crippen molar-refractivity contribution in [3.8, 4) is 0 Å². The Kier molecular flexibility index (Phi) is 5.21. The molecule has 0 atom stereocenters. The smallest absolute Gasteiger partial charge is 0.275 e. The van der Waals surface area contributed by atoms with Gasteiger partial charge in [0.1, 0.15) is 0 Å². The molecule has 1 amide bonds. The van der Waals surface area contributed by atoms with E-state index in [2.05, 4.69) is 25.0 Å². The van der Waals surface area contributed by atoms with Crippen LogP contribution in [0.3, 0.4) is 0 Å². The van der Waals surface area contributed by atoms with Gasteiger partial charge in [-0.05, 0) is 44.6 Å². The Morgan fingerprint density at radius 3 is 2.62 bits per heavy atom. The van der Waals surface area contributed by atoms with E-state index < -0.39 is 5.54 Å². The highest BCUT2D eigenvalue weighted by Gasteiger charge is 2.41. The van der Waals surface area contributed by atoms with Gasteiger partial charge in [-0.2, -0.15) is 5.10 Å². The van der Waals surface area contributed by atoms with E-state index in [0.29, 0.717) is 31.0 Å². The number of rotatable bonds is 4. The van der Waals surface area contributed by atoms with Gasteiger partial charge in [-0.15, -0.1) is 0 Å². The van der Waals surface area contributed by atoms with Crippen molar-refractivity contribution in [1.82, 2.24) is 19.5 Å². The molecule has 0 aromatic carbocycles. The summed E-state index contributed by atoms with van der Waals surface area (Å²) in [6.45, 7) is 8.54. The van der Waals surface area contributed by atoms with E-state index in [0.717, 1.165) is 23.5 Å². The Balaban J connectivity index is 1.69. The van der Waals surface area contributed by atoms with E-state index in [4.69, 9.17) is 4.98 Å². The van der Waals surface area contributed by atoms with Gasteiger partial charge in [-0.3, -0.25) is 9.59 Å². The van der Waals surface area contributed by atoms with Gasteiger partial charge in [0.2, 0.25) is 0 Å². The van der Waals surface area contributed by atoms with Crippen molar-refractivity contribution in [2.75, 3.05) is 6.54 Å². The average molecular weight is 397 g/mol. The number of fused-ring (bicyclic) bond motifs is 1. The molecule has 156 valence electrons. The summed E-state index contributed by atoms with van der Waals surface area (Å²) in [5.74, 6) is 0.925. The molecule has 0 unspecified atom stereocenters. The minimum atomic E-state index is -0.785. The lowest BCUT2D eigenvalue weighted by Crippen LogP contribution is -2.56. The lowest BCUT2D eigenvalue weighted by molar-refractivity contribution is -0.130. The summed E-state index contributed by atoms with van der Waals surface area (Å²) in [5.41, 5.74) is 2.50.